The number of aromatic nitrogens is 2. The second-order valence-electron chi connectivity index (χ2n) is 7.12. The molecule has 3 rings (SSSR count). The summed E-state index contributed by atoms with van der Waals surface area (Å²) in [5, 5.41) is 3.39. The van der Waals surface area contributed by atoms with Crippen molar-refractivity contribution in [1.29, 1.82) is 0 Å². The van der Waals surface area contributed by atoms with Crippen LogP contribution in [0.25, 0.3) is 0 Å². The van der Waals surface area contributed by atoms with E-state index in [0.717, 1.165) is 32.0 Å². The predicted molar refractivity (Wildman–Crippen MR) is 96.8 cm³/mol. The molecule has 1 aromatic heterocycles. The maximum Gasteiger partial charge on any atom is 0.319 e. The third-order valence-corrected chi connectivity index (χ3v) is 5.35. The molecule has 8 heteroatoms. The van der Waals surface area contributed by atoms with E-state index >= 15 is 0 Å². The first-order valence-corrected chi connectivity index (χ1v) is 9.46. The number of piperidine rings is 1. The van der Waals surface area contributed by atoms with Crippen LogP contribution in [0.1, 0.15) is 29.8 Å². The Balaban J connectivity index is 1.45. The highest BCUT2D eigenvalue weighted by molar-refractivity contribution is 5.92. The topological polar surface area (TPSA) is 79.7 Å². The van der Waals surface area contributed by atoms with Crippen molar-refractivity contribution in [1.82, 2.24) is 24.7 Å². The number of amides is 1. The molecule has 0 radical (unpaired) electrons. The first-order chi connectivity index (χ1) is 12.7. The largest absolute Gasteiger partial charge is 0.468 e. The van der Waals surface area contributed by atoms with Gasteiger partial charge in [0.25, 0.3) is 5.91 Å². The molecule has 0 bridgehead atoms. The van der Waals surface area contributed by atoms with Crippen LogP contribution >= 0.6 is 0 Å². The van der Waals surface area contributed by atoms with Crippen molar-refractivity contribution in [3.8, 4) is 0 Å². The second-order valence-corrected chi connectivity index (χ2v) is 7.12. The maximum absolute atomic E-state index is 12.6. The van der Waals surface area contributed by atoms with Crippen LogP contribution in [-0.4, -0.2) is 84.2 Å². The fourth-order valence-electron chi connectivity index (χ4n) is 3.61. The number of hydrogen-bond donors (Lipinski definition) is 1. The third kappa shape index (κ3) is 5.04. The van der Waals surface area contributed by atoms with Gasteiger partial charge in [0.1, 0.15) is 5.69 Å². The number of methoxy groups -OCH3 is 1. The van der Waals surface area contributed by atoms with Crippen molar-refractivity contribution < 1.29 is 14.3 Å². The van der Waals surface area contributed by atoms with Crippen molar-refractivity contribution in [2.75, 3.05) is 52.9 Å². The summed E-state index contributed by atoms with van der Waals surface area (Å²) in [5.74, 6) is 0.501. The lowest BCUT2D eigenvalue weighted by Crippen LogP contribution is -2.50. The Morgan fingerprint density at radius 2 is 1.96 bits per heavy atom. The molecule has 0 atom stereocenters. The molecule has 1 amide bonds. The molecule has 2 saturated heterocycles. The summed E-state index contributed by atoms with van der Waals surface area (Å²) in [7, 11) is 1.39. The molecule has 0 aliphatic carbocycles. The van der Waals surface area contributed by atoms with Crippen molar-refractivity contribution in [3.05, 3.63) is 18.2 Å². The number of nitrogens with zero attached hydrogens (tertiary/aromatic N) is 4. The zero-order valence-corrected chi connectivity index (χ0v) is 15.5. The van der Waals surface area contributed by atoms with E-state index in [-0.39, 0.29) is 18.4 Å². The number of aryl methyl sites for hydroxylation is 1. The molecule has 2 fully saturated rings. The Kier molecular flexibility index (Phi) is 6.62. The SMILES string of the molecule is COC(=O)CN1CCN(C(=O)c2cn(CCC3CCNCC3)cn2)CC1. The van der Waals surface area contributed by atoms with Crippen molar-refractivity contribution in [3.63, 3.8) is 0 Å². The van der Waals surface area contributed by atoms with Crippen LogP contribution in [-0.2, 0) is 16.1 Å². The number of hydrogen-bond acceptors (Lipinski definition) is 6. The minimum absolute atomic E-state index is 0.0247. The van der Waals surface area contributed by atoms with Gasteiger partial charge in [-0.05, 0) is 38.3 Å². The minimum atomic E-state index is -0.239. The first kappa shape index (κ1) is 18.8. The lowest BCUT2D eigenvalue weighted by Gasteiger charge is -2.33. The van der Waals surface area contributed by atoms with Crippen LogP contribution in [0.3, 0.4) is 0 Å². The summed E-state index contributed by atoms with van der Waals surface area (Å²) < 4.78 is 6.72. The lowest BCUT2D eigenvalue weighted by molar-refractivity contribution is -0.142. The van der Waals surface area contributed by atoms with Crippen molar-refractivity contribution in [2.45, 2.75) is 25.8 Å². The number of esters is 1. The summed E-state index contributed by atoms with van der Waals surface area (Å²) in [6.07, 6.45) is 7.23. The molecule has 1 N–H and O–H groups in total. The molecule has 0 spiro atoms. The molecule has 0 saturated carbocycles. The van der Waals surface area contributed by atoms with Gasteiger partial charge in [0.2, 0.25) is 0 Å². The van der Waals surface area contributed by atoms with Crippen LogP contribution < -0.4 is 5.32 Å². The maximum atomic E-state index is 12.6. The monoisotopic (exact) mass is 363 g/mol. The summed E-state index contributed by atoms with van der Waals surface area (Å²) in [6.45, 7) is 5.99. The fourth-order valence-corrected chi connectivity index (χ4v) is 3.61. The van der Waals surface area contributed by atoms with E-state index in [1.807, 2.05) is 20.6 Å². The Morgan fingerprint density at radius 1 is 1.23 bits per heavy atom. The standard InChI is InChI=1S/C18H29N5O3/c1-26-17(24)13-21-8-10-23(11-9-21)18(25)16-12-22(14-20-16)7-4-15-2-5-19-6-3-15/h12,14-15,19H,2-11,13H2,1H3. The summed E-state index contributed by atoms with van der Waals surface area (Å²) >= 11 is 0. The minimum Gasteiger partial charge on any atom is -0.468 e. The molecule has 0 unspecified atom stereocenters. The van der Waals surface area contributed by atoms with Crippen molar-refractivity contribution >= 4 is 11.9 Å². The number of carbonyl (C=O) groups is 2. The van der Waals surface area contributed by atoms with Crippen LogP contribution in [0, 0.1) is 5.92 Å². The third-order valence-electron chi connectivity index (χ3n) is 5.35. The van der Waals surface area contributed by atoms with E-state index in [4.69, 9.17) is 0 Å². The molecule has 2 aliphatic rings. The Morgan fingerprint density at radius 3 is 2.65 bits per heavy atom. The highest BCUT2D eigenvalue weighted by atomic mass is 16.5. The van der Waals surface area contributed by atoms with E-state index in [9.17, 15) is 9.59 Å². The zero-order chi connectivity index (χ0) is 18.4. The Labute approximate surface area is 154 Å². The Hall–Kier alpha value is -1.93. The number of carbonyl (C=O) groups excluding carboxylic acids is 2. The molecule has 1 aromatic rings. The van der Waals surface area contributed by atoms with Gasteiger partial charge in [0.15, 0.2) is 0 Å². The molecule has 3 heterocycles. The highest BCUT2D eigenvalue weighted by Crippen LogP contribution is 2.17. The average molecular weight is 363 g/mol. The smallest absolute Gasteiger partial charge is 0.319 e. The van der Waals surface area contributed by atoms with E-state index in [1.54, 1.807) is 6.33 Å². The van der Waals surface area contributed by atoms with Crippen LogP contribution in [0.5, 0.6) is 0 Å². The van der Waals surface area contributed by atoms with E-state index in [2.05, 4.69) is 15.0 Å². The summed E-state index contributed by atoms with van der Waals surface area (Å²) in [4.78, 5) is 32.1. The number of piperazine rings is 1. The number of rotatable bonds is 6. The molecule has 8 nitrogen and oxygen atoms in total. The molecule has 26 heavy (non-hydrogen) atoms. The lowest BCUT2D eigenvalue weighted by atomic mass is 9.95. The molecule has 0 aromatic carbocycles. The van der Waals surface area contributed by atoms with Gasteiger partial charge < -0.3 is 19.5 Å². The van der Waals surface area contributed by atoms with Gasteiger partial charge in [0.05, 0.1) is 20.0 Å². The number of nitrogens with one attached hydrogen (secondary N) is 1. The highest BCUT2D eigenvalue weighted by Gasteiger charge is 2.24. The number of ether oxygens (including phenoxy) is 1. The van der Waals surface area contributed by atoms with Gasteiger partial charge in [-0.2, -0.15) is 0 Å². The fraction of sp³-hybridized carbons (Fsp3) is 0.722. The van der Waals surface area contributed by atoms with Gasteiger partial charge in [-0.3, -0.25) is 14.5 Å². The molecule has 2 aliphatic heterocycles. The molecular weight excluding hydrogens is 334 g/mol. The van der Waals surface area contributed by atoms with Crippen LogP contribution in [0.2, 0.25) is 0 Å². The van der Waals surface area contributed by atoms with Crippen molar-refractivity contribution in [2.24, 2.45) is 5.92 Å². The van der Waals surface area contributed by atoms with E-state index in [0.29, 0.717) is 31.9 Å². The van der Waals surface area contributed by atoms with Gasteiger partial charge in [-0.25, -0.2) is 4.98 Å². The van der Waals surface area contributed by atoms with E-state index < -0.39 is 0 Å². The first-order valence-electron chi connectivity index (χ1n) is 9.46. The Bertz CT molecular complexity index is 604. The molecule has 144 valence electrons. The predicted octanol–water partition coefficient (Wildman–Crippen LogP) is 0.204. The molecular formula is C18H29N5O3. The van der Waals surface area contributed by atoms with Gasteiger partial charge in [-0.1, -0.05) is 0 Å². The van der Waals surface area contributed by atoms with Gasteiger partial charge in [0, 0.05) is 38.9 Å². The normalized spacial score (nSPS) is 19.5. The number of imidazole rings is 1. The zero-order valence-electron chi connectivity index (χ0n) is 15.5. The van der Waals surface area contributed by atoms with Gasteiger partial charge >= 0.3 is 5.97 Å². The van der Waals surface area contributed by atoms with Crippen LogP contribution in [0.4, 0.5) is 0 Å². The second kappa shape index (κ2) is 9.14. The average Bonchev–Trinajstić information content (AvgIpc) is 3.16. The van der Waals surface area contributed by atoms with Crippen LogP contribution in [0.15, 0.2) is 12.5 Å². The summed E-state index contributed by atoms with van der Waals surface area (Å²) in [5.41, 5.74) is 0.511. The van der Waals surface area contributed by atoms with Gasteiger partial charge in [-0.15, -0.1) is 0 Å². The quantitative estimate of drug-likeness (QED) is 0.728. The summed E-state index contributed by atoms with van der Waals surface area (Å²) in [6, 6.07) is 0. The van der Waals surface area contributed by atoms with E-state index in [1.165, 1.54) is 20.0 Å².